The van der Waals surface area contributed by atoms with E-state index in [4.69, 9.17) is 4.74 Å². The van der Waals surface area contributed by atoms with Crippen molar-refractivity contribution in [2.24, 2.45) is 0 Å². The molecule has 0 unspecified atom stereocenters. The second-order valence-electron chi connectivity index (χ2n) is 10.2. The number of amides is 2. The smallest absolute Gasteiger partial charge is 0.262 e. The normalized spacial score (nSPS) is 13.4. The Balaban J connectivity index is 1.44. The molecule has 0 aromatic heterocycles. The van der Waals surface area contributed by atoms with Crippen LogP contribution in [0.15, 0.2) is 30.3 Å². The van der Waals surface area contributed by atoms with Gasteiger partial charge in [0.25, 0.3) is 5.91 Å². The first kappa shape index (κ1) is 30.4. The van der Waals surface area contributed by atoms with E-state index in [-0.39, 0.29) is 36.0 Å². The molecule has 1 atom stereocenters. The van der Waals surface area contributed by atoms with Crippen LogP contribution in [0.4, 0.5) is 10.1 Å². The van der Waals surface area contributed by atoms with Crippen LogP contribution in [0.25, 0.3) is 0 Å². The molecule has 0 saturated heterocycles. The van der Waals surface area contributed by atoms with Crippen molar-refractivity contribution < 1.29 is 23.8 Å². The molecule has 39 heavy (non-hydrogen) atoms. The van der Waals surface area contributed by atoms with Gasteiger partial charge in [-0.25, -0.2) is 4.39 Å². The zero-order valence-electron chi connectivity index (χ0n) is 23.4. The first-order valence-corrected chi connectivity index (χ1v) is 14.0. The summed E-state index contributed by atoms with van der Waals surface area (Å²) < 4.78 is 19.1. The molecule has 214 valence electrons. The Bertz CT molecular complexity index is 1110. The summed E-state index contributed by atoms with van der Waals surface area (Å²) in [5, 5.41) is 19.5. The maximum atomic E-state index is 13.5. The van der Waals surface area contributed by atoms with Gasteiger partial charge in [-0.1, -0.05) is 31.9 Å². The number of nitrogens with one attached hydrogen (secondary N) is 3. The lowest BCUT2D eigenvalue weighted by atomic mass is 10.1. The van der Waals surface area contributed by atoms with Gasteiger partial charge in [0.15, 0.2) is 12.4 Å². The highest BCUT2D eigenvalue weighted by Crippen LogP contribution is 2.39. The molecule has 2 amide bonds. The molecule has 0 spiro atoms. The van der Waals surface area contributed by atoms with Crippen LogP contribution in [-0.2, 0) is 22.4 Å². The van der Waals surface area contributed by atoms with Crippen molar-refractivity contribution in [3.05, 3.63) is 52.8 Å². The van der Waals surface area contributed by atoms with Crippen LogP contribution in [0.3, 0.4) is 0 Å². The molecular formula is C30H43FN4O4. The van der Waals surface area contributed by atoms with Crippen molar-refractivity contribution in [2.45, 2.75) is 65.3 Å². The number of carbonyl (C=O) groups excluding carboxylic acids is 2. The van der Waals surface area contributed by atoms with Crippen LogP contribution in [-0.4, -0.2) is 67.2 Å². The molecule has 1 heterocycles. The molecule has 3 rings (SSSR count). The van der Waals surface area contributed by atoms with E-state index in [1.807, 2.05) is 11.8 Å². The molecule has 1 aliphatic heterocycles. The van der Waals surface area contributed by atoms with Gasteiger partial charge in [-0.2, -0.15) is 0 Å². The van der Waals surface area contributed by atoms with Crippen molar-refractivity contribution >= 4 is 17.5 Å². The molecule has 0 radical (unpaired) electrons. The van der Waals surface area contributed by atoms with Gasteiger partial charge in [0.2, 0.25) is 5.91 Å². The number of aryl methyl sites for hydroxylation is 1. The third-order valence-corrected chi connectivity index (χ3v) is 7.16. The monoisotopic (exact) mass is 542 g/mol. The lowest BCUT2D eigenvalue weighted by Crippen LogP contribution is -2.43. The van der Waals surface area contributed by atoms with Gasteiger partial charge in [-0.15, -0.1) is 0 Å². The third kappa shape index (κ3) is 9.21. The highest BCUT2D eigenvalue weighted by molar-refractivity contribution is 5.97. The number of nitrogens with zero attached hydrogens (tertiary/aromatic N) is 1. The third-order valence-electron chi connectivity index (χ3n) is 7.16. The van der Waals surface area contributed by atoms with Crippen LogP contribution < -0.4 is 20.7 Å². The van der Waals surface area contributed by atoms with E-state index in [1.54, 1.807) is 24.3 Å². The maximum absolute atomic E-state index is 13.5. The number of aromatic hydroxyl groups is 1. The average molecular weight is 543 g/mol. The van der Waals surface area contributed by atoms with Crippen molar-refractivity contribution in [1.29, 1.82) is 0 Å². The second kappa shape index (κ2) is 15.4. The summed E-state index contributed by atoms with van der Waals surface area (Å²) in [6.07, 6.45) is 4.93. The van der Waals surface area contributed by atoms with Gasteiger partial charge in [0.05, 0.1) is 0 Å². The van der Waals surface area contributed by atoms with Crippen LogP contribution in [0.1, 0.15) is 56.2 Å². The standard InChI is InChI=1S/C30H43FN4O4/c1-4-5-6-22(3)35(28(38)13-16-32-15-12-24-19-25(31)9-7-21(24)2)18-17-33-14-11-23-8-10-26(36)29-30(23)39-20-27(37)34-29/h7-10,19,22,32-33,36H,4-6,11-18,20H2,1-3H3,(H,34,37)/t22-/m1/s1. The number of benzene rings is 2. The fraction of sp³-hybridized carbons (Fsp3) is 0.533. The average Bonchev–Trinajstić information content (AvgIpc) is 2.92. The minimum atomic E-state index is -0.285. The number of halogens is 1. The van der Waals surface area contributed by atoms with Crippen LogP contribution in [0.5, 0.6) is 11.5 Å². The lowest BCUT2D eigenvalue weighted by molar-refractivity contribution is -0.133. The number of anilines is 1. The molecule has 0 bridgehead atoms. The molecule has 2 aromatic carbocycles. The lowest BCUT2D eigenvalue weighted by Gasteiger charge is -2.30. The predicted molar refractivity (Wildman–Crippen MR) is 152 cm³/mol. The summed E-state index contributed by atoms with van der Waals surface area (Å²) in [4.78, 5) is 26.7. The number of phenols is 1. The largest absolute Gasteiger partial charge is 0.506 e. The van der Waals surface area contributed by atoms with E-state index >= 15 is 0 Å². The van der Waals surface area contributed by atoms with Gasteiger partial charge < -0.3 is 30.7 Å². The van der Waals surface area contributed by atoms with E-state index in [2.05, 4.69) is 29.8 Å². The zero-order chi connectivity index (χ0) is 28.2. The summed E-state index contributed by atoms with van der Waals surface area (Å²) in [5.74, 6) is 0.129. The Morgan fingerprint density at radius 3 is 2.64 bits per heavy atom. The van der Waals surface area contributed by atoms with Gasteiger partial charge in [0.1, 0.15) is 17.3 Å². The molecule has 4 N–H and O–H groups in total. The first-order valence-electron chi connectivity index (χ1n) is 14.0. The Hall–Kier alpha value is -3.17. The number of rotatable bonds is 16. The number of phenolic OH excluding ortho intramolecular Hbond substituents is 1. The zero-order valence-corrected chi connectivity index (χ0v) is 23.4. The van der Waals surface area contributed by atoms with Crippen molar-refractivity contribution in [3.8, 4) is 11.5 Å². The Morgan fingerprint density at radius 2 is 1.87 bits per heavy atom. The number of fused-ring (bicyclic) bond motifs is 1. The van der Waals surface area contributed by atoms with E-state index < -0.39 is 0 Å². The summed E-state index contributed by atoms with van der Waals surface area (Å²) >= 11 is 0. The second-order valence-corrected chi connectivity index (χ2v) is 10.2. The Morgan fingerprint density at radius 1 is 1.13 bits per heavy atom. The van der Waals surface area contributed by atoms with E-state index in [0.717, 1.165) is 42.4 Å². The first-order chi connectivity index (χ1) is 18.8. The molecule has 1 aliphatic rings. The number of ether oxygens (including phenoxy) is 1. The van der Waals surface area contributed by atoms with Crippen molar-refractivity contribution in [3.63, 3.8) is 0 Å². The Labute approximate surface area is 231 Å². The van der Waals surface area contributed by atoms with E-state index in [0.29, 0.717) is 57.0 Å². The molecule has 2 aromatic rings. The van der Waals surface area contributed by atoms with Gasteiger partial charge >= 0.3 is 0 Å². The molecule has 0 aliphatic carbocycles. The molecule has 8 nitrogen and oxygen atoms in total. The van der Waals surface area contributed by atoms with Gasteiger partial charge in [-0.3, -0.25) is 9.59 Å². The van der Waals surface area contributed by atoms with E-state index in [9.17, 15) is 19.1 Å². The summed E-state index contributed by atoms with van der Waals surface area (Å²) in [6.45, 7) is 9.40. The van der Waals surface area contributed by atoms with Crippen LogP contribution in [0.2, 0.25) is 0 Å². The molecule has 9 heteroatoms. The fourth-order valence-corrected chi connectivity index (χ4v) is 4.80. The number of carbonyl (C=O) groups is 2. The minimum absolute atomic E-state index is 0.0106. The minimum Gasteiger partial charge on any atom is -0.506 e. The number of hydrogen-bond acceptors (Lipinski definition) is 6. The summed E-state index contributed by atoms with van der Waals surface area (Å²) in [6, 6.07) is 8.38. The number of unbranched alkanes of at least 4 members (excludes halogenated alkanes) is 1. The highest BCUT2D eigenvalue weighted by Gasteiger charge is 2.22. The maximum Gasteiger partial charge on any atom is 0.262 e. The molecular weight excluding hydrogens is 499 g/mol. The van der Waals surface area contributed by atoms with E-state index in [1.165, 1.54) is 6.07 Å². The number of hydrogen-bond donors (Lipinski definition) is 4. The van der Waals surface area contributed by atoms with Crippen molar-refractivity contribution in [1.82, 2.24) is 15.5 Å². The van der Waals surface area contributed by atoms with Gasteiger partial charge in [-0.05, 0) is 81.1 Å². The van der Waals surface area contributed by atoms with Crippen LogP contribution >= 0.6 is 0 Å². The quantitative estimate of drug-likeness (QED) is 0.189. The fourth-order valence-electron chi connectivity index (χ4n) is 4.80. The molecule has 0 saturated carbocycles. The van der Waals surface area contributed by atoms with Gasteiger partial charge in [0, 0.05) is 32.1 Å². The SMILES string of the molecule is CCCC[C@@H](C)N(CCNCCc1ccc(O)c2c1OCC(=O)N2)C(=O)CCNCCc1cc(F)ccc1C. The Kier molecular flexibility index (Phi) is 12.0. The topological polar surface area (TPSA) is 103 Å². The van der Waals surface area contributed by atoms with Crippen LogP contribution in [0, 0.1) is 12.7 Å². The highest BCUT2D eigenvalue weighted by atomic mass is 19.1. The molecule has 0 fully saturated rings. The summed E-state index contributed by atoms with van der Waals surface area (Å²) in [5.41, 5.74) is 3.28. The summed E-state index contributed by atoms with van der Waals surface area (Å²) in [7, 11) is 0. The predicted octanol–water partition coefficient (Wildman–Crippen LogP) is 3.93. The van der Waals surface area contributed by atoms with Crippen molar-refractivity contribution in [2.75, 3.05) is 44.6 Å².